The molecule has 1 N–H and O–H groups in total. The number of thiol groups is 1. The number of aromatic amines is 1. The van der Waals surface area contributed by atoms with Crippen LogP contribution in [-0.2, 0) is 0 Å². The Balaban J connectivity index is 2.29. The smallest absolute Gasteiger partial charge is 0.183 e. The largest absolute Gasteiger partial charge is 0.254 e. The maximum Gasteiger partial charge on any atom is 0.183 e. The summed E-state index contributed by atoms with van der Waals surface area (Å²) in [6.07, 6.45) is 1.49. The van der Waals surface area contributed by atoms with Crippen LogP contribution in [0, 0.1) is 0 Å². The zero-order valence-electron chi connectivity index (χ0n) is 5.95. The monoisotopic (exact) mass is 187 g/mol. The summed E-state index contributed by atoms with van der Waals surface area (Å²) in [5, 5.41) is 7.30. The first kappa shape index (κ1) is 8.67. The van der Waals surface area contributed by atoms with E-state index in [-0.39, 0.29) is 0 Å². The molecular weight excluding hydrogens is 178 g/mol. The highest BCUT2D eigenvalue weighted by atomic mass is 32.2. The SMILES string of the molecule is C=C(CS)CSc1ncn[nH]1. The van der Waals surface area contributed by atoms with Crippen LogP contribution in [-0.4, -0.2) is 26.7 Å². The Morgan fingerprint density at radius 3 is 3.18 bits per heavy atom. The fourth-order valence-corrected chi connectivity index (χ4v) is 1.42. The van der Waals surface area contributed by atoms with E-state index in [1.165, 1.54) is 6.33 Å². The van der Waals surface area contributed by atoms with Gasteiger partial charge in [-0.05, 0) is 0 Å². The molecular formula is C6H9N3S2. The molecule has 0 aliphatic carbocycles. The van der Waals surface area contributed by atoms with E-state index in [4.69, 9.17) is 0 Å². The molecule has 3 nitrogen and oxygen atoms in total. The first-order valence-electron chi connectivity index (χ1n) is 3.08. The van der Waals surface area contributed by atoms with E-state index in [0.717, 1.165) is 22.2 Å². The topological polar surface area (TPSA) is 41.6 Å². The highest BCUT2D eigenvalue weighted by Crippen LogP contribution is 2.14. The van der Waals surface area contributed by atoms with Gasteiger partial charge >= 0.3 is 0 Å². The number of hydrogen-bond acceptors (Lipinski definition) is 4. The van der Waals surface area contributed by atoms with E-state index in [1.54, 1.807) is 11.8 Å². The van der Waals surface area contributed by atoms with Crippen LogP contribution in [0.3, 0.4) is 0 Å². The third kappa shape index (κ3) is 2.98. The van der Waals surface area contributed by atoms with Crippen LogP contribution in [0.15, 0.2) is 23.6 Å². The summed E-state index contributed by atoms with van der Waals surface area (Å²) < 4.78 is 0. The summed E-state index contributed by atoms with van der Waals surface area (Å²) in [4.78, 5) is 3.95. The summed E-state index contributed by atoms with van der Waals surface area (Å²) in [6.45, 7) is 3.81. The molecule has 0 unspecified atom stereocenters. The van der Waals surface area contributed by atoms with Gasteiger partial charge in [-0.25, -0.2) is 4.98 Å². The van der Waals surface area contributed by atoms with Crippen molar-refractivity contribution in [2.45, 2.75) is 5.16 Å². The quantitative estimate of drug-likeness (QED) is 0.425. The van der Waals surface area contributed by atoms with Gasteiger partial charge in [-0.15, -0.1) is 0 Å². The van der Waals surface area contributed by atoms with Gasteiger partial charge in [0.2, 0.25) is 0 Å². The molecule has 0 aliphatic rings. The Labute approximate surface area is 75.1 Å². The molecule has 60 valence electrons. The first-order valence-corrected chi connectivity index (χ1v) is 4.70. The van der Waals surface area contributed by atoms with Gasteiger partial charge in [0.05, 0.1) is 0 Å². The van der Waals surface area contributed by atoms with Gasteiger partial charge < -0.3 is 0 Å². The maximum atomic E-state index is 4.09. The van der Waals surface area contributed by atoms with Crippen molar-refractivity contribution < 1.29 is 0 Å². The second kappa shape index (κ2) is 4.46. The Morgan fingerprint density at radius 1 is 1.82 bits per heavy atom. The van der Waals surface area contributed by atoms with Crippen molar-refractivity contribution in [1.29, 1.82) is 0 Å². The number of nitrogens with one attached hydrogen (secondary N) is 1. The van der Waals surface area contributed by atoms with Gasteiger partial charge in [0.15, 0.2) is 5.16 Å². The van der Waals surface area contributed by atoms with Crippen LogP contribution >= 0.6 is 24.4 Å². The summed E-state index contributed by atoms with van der Waals surface area (Å²) in [7, 11) is 0. The van der Waals surface area contributed by atoms with Crippen LogP contribution in [0.2, 0.25) is 0 Å². The fraction of sp³-hybridized carbons (Fsp3) is 0.333. The second-order valence-electron chi connectivity index (χ2n) is 1.99. The molecule has 1 aromatic heterocycles. The normalized spacial score (nSPS) is 9.91. The molecule has 0 spiro atoms. The van der Waals surface area contributed by atoms with Crippen LogP contribution < -0.4 is 0 Å². The minimum absolute atomic E-state index is 0.723. The molecule has 1 heterocycles. The van der Waals surface area contributed by atoms with E-state index >= 15 is 0 Å². The van der Waals surface area contributed by atoms with E-state index in [1.807, 2.05) is 0 Å². The van der Waals surface area contributed by atoms with Crippen LogP contribution in [0.5, 0.6) is 0 Å². The molecule has 0 saturated carbocycles. The number of thioether (sulfide) groups is 1. The lowest BCUT2D eigenvalue weighted by atomic mass is 10.4. The van der Waals surface area contributed by atoms with E-state index < -0.39 is 0 Å². The molecule has 0 aliphatic heterocycles. The molecule has 11 heavy (non-hydrogen) atoms. The second-order valence-corrected chi connectivity index (χ2v) is 3.27. The molecule has 0 atom stereocenters. The Bertz CT molecular complexity index is 220. The Morgan fingerprint density at radius 2 is 2.64 bits per heavy atom. The van der Waals surface area contributed by atoms with Crippen LogP contribution in [0.25, 0.3) is 0 Å². The van der Waals surface area contributed by atoms with Gasteiger partial charge in [0, 0.05) is 11.5 Å². The van der Waals surface area contributed by atoms with E-state index in [9.17, 15) is 0 Å². The molecule has 1 rings (SSSR count). The maximum absolute atomic E-state index is 4.09. The van der Waals surface area contributed by atoms with Gasteiger partial charge in [-0.3, -0.25) is 5.10 Å². The first-order chi connectivity index (χ1) is 5.33. The summed E-state index contributed by atoms with van der Waals surface area (Å²) >= 11 is 5.67. The molecule has 0 aromatic carbocycles. The summed E-state index contributed by atoms with van der Waals surface area (Å²) in [6, 6.07) is 0. The molecule has 5 heteroatoms. The lowest BCUT2D eigenvalue weighted by Gasteiger charge is -1.96. The average Bonchev–Trinajstić information content (AvgIpc) is 2.52. The van der Waals surface area contributed by atoms with Gasteiger partial charge in [0.25, 0.3) is 0 Å². The van der Waals surface area contributed by atoms with Gasteiger partial charge in [-0.2, -0.15) is 17.7 Å². The highest BCUT2D eigenvalue weighted by Gasteiger charge is 1.96. The molecule has 0 bridgehead atoms. The zero-order chi connectivity index (χ0) is 8.10. The van der Waals surface area contributed by atoms with Crippen molar-refractivity contribution >= 4 is 24.4 Å². The average molecular weight is 187 g/mol. The van der Waals surface area contributed by atoms with Crippen molar-refractivity contribution in [2.75, 3.05) is 11.5 Å². The zero-order valence-corrected chi connectivity index (χ0v) is 7.66. The van der Waals surface area contributed by atoms with Crippen LogP contribution in [0.1, 0.15) is 0 Å². The minimum atomic E-state index is 0.723. The van der Waals surface area contributed by atoms with Crippen molar-refractivity contribution in [3.63, 3.8) is 0 Å². The number of nitrogens with zero attached hydrogens (tertiary/aromatic N) is 2. The van der Waals surface area contributed by atoms with Crippen molar-refractivity contribution in [1.82, 2.24) is 15.2 Å². The van der Waals surface area contributed by atoms with Crippen molar-refractivity contribution in [3.05, 3.63) is 18.5 Å². The highest BCUT2D eigenvalue weighted by molar-refractivity contribution is 7.99. The Hall–Kier alpha value is -0.420. The predicted molar refractivity (Wildman–Crippen MR) is 50.1 cm³/mol. The van der Waals surface area contributed by atoms with E-state index in [0.29, 0.717) is 0 Å². The molecule has 0 fully saturated rings. The fourth-order valence-electron chi connectivity index (χ4n) is 0.480. The van der Waals surface area contributed by atoms with Crippen molar-refractivity contribution in [2.24, 2.45) is 0 Å². The summed E-state index contributed by atoms with van der Waals surface area (Å²) in [5.41, 5.74) is 1.09. The third-order valence-corrected chi connectivity index (χ3v) is 2.50. The molecule has 0 radical (unpaired) electrons. The number of rotatable bonds is 4. The van der Waals surface area contributed by atoms with Crippen LogP contribution in [0.4, 0.5) is 0 Å². The number of aromatic nitrogens is 3. The molecule has 0 amide bonds. The third-order valence-electron chi connectivity index (χ3n) is 1.03. The van der Waals surface area contributed by atoms with Gasteiger partial charge in [-0.1, -0.05) is 23.9 Å². The summed E-state index contributed by atoms with van der Waals surface area (Å²) in [5.74, 6) is 1.57. The minimum Gasteiger partial charge on any atom is -0.254 e. The number of H-pyrrole nitrogens is 1. The van der Waals surface area contributed by atoms with E-state index in [2.05, 4.69) is 34.4 Å². The van der Waals surface area contributed by atoms with Gasteiger partial charge in [0.1, 0.15) is 6.33 Å². The predicted octanol–water partition coefficient (Wildman–Crippen LogP) is 1.38. The standard InChI is InChI=1S/C6H9N3S2/c1-5(2-10)3-11-6-7-4-8-9-6/h4,10H,1-3H2,(H,7,8,9). The lowest BCUT2D eigenvalue weighted by molar-refractivity contribution is 0.974. The van der Waals surface area contributed by atoms with Crippen molar-refractivity contribution in [3.8, 4) is 0 Å². The number of hydrogen-bond donors (Lipinski definition) is 2. The molecule has 1 aromatic rings. The Kier molecular flexibility index (Phi) is 3.51. The molecule has 0 saturated heterocycles. The lowest BCUT2D eigenvalue weighted by Crippen LogP contribution is -1.87.